The molecule has 1 aliphatic rings. The molecule has 25 heavy (non-hydrogen) atoms. The maximum atomic E-state index is 12.5. The first kappa shape index (κ1) is 17.2. The molecule has 2 heterocycles. The number of nitrogens with one attached hydrogen (secondary N) is 1. The fourth-order valence-corrected chi connectivity index (χ4v) is 3.17. The van der Waals surface area contributed by atoms with Gasteiger partial charge in [-0.05, 0) is 49.2 Å². The predicted octanol–water partition coefficient (Wildman–Crippen LogP) is 2.35. The zero-order valence-corrected chi connectivity index (χ0v) is 14.2. The van der Waals surface area contributed by atoms with Crippen molar-refractivity contribution >= 4 is 11.9 Å². The number of likely N-dealkylation sites (tertiary alicyclic amines) is 1. The van der Waals surface area contributed by atoms with Crippen LogP contribution in [0.15, 0.2) is 47.1 Å². The number of ether oxygens (including phenoxy) is 1. The molecule has 0 radical (unpaired) electrons. The maximum absolute atomic E-state index is 12.5. The van der Waals surface area contributed by atoms with E-state index in [1.807, 2.05) is 24.3 Å². The molecular weight excluding hydrogens is 320 g/mol. The molecule has 132 valence electrons. The number of rotatable bonds is 6. The largest absolute Gasteiger partial charge is 0.467 e. The Labute approximate surface area is 146 Å². The van der Waals surface area contributed by atoms with Crippen molar-refractivity contribution in [2.75, 3.05) is 13.7 Å². The summed E-state index contributed by atoms with van der Waals surface area (Å²) in [4.78, 5) is 26.3. The highest BCUT2D eigenvalue weighted by molar-refractivity contribution is 5.89. The number of benzene rings is 1. The van der Waals surface area contributed by atoms with Crippen LogP contribution in [0.2, 0.25) is 0 Å². The van der Waals surface area contributed by atoms with E-state index in [4.69, 9.17) is 9.15 Å². The summed E-state index contributed by atoms with van der Waals surface area (Å²) in [5.74, 6) is 0.401. The summed E-state index contributed by atoms with van der Waals surface area (Å²) < 4.78 is 10.0. The number of carbonyl (C=O) groups excluding carboxylic acids is 2. The Bertz CT molecular complexity index is 727. The minimum atomic E-state index is -0.351. The highest BCUT2D eigenvalue weighted by Gasteiger charge is 2.30. The number of methoxy groups -OCH3 is 1. The number of carbonyl (C=O) groups is 2. The van der Waals surface area contributed by atoms with Crippen LogP contribution in [-0.2, 0) is 22.6 Å². The molecule has 0 bridgehead atoms. The van der Waals surface area contributed by atoms with Crippen molar-refractivity contribution in [3.05, 3.63) is 59.5 Å². The third-order valence-electron chi connectivity index (χ3n) is 4.42. The van der Waals surface area contributed by atoms with Gasteiger partial charge in [0.2, 0.25) is 5.91 Å². The average molecular weight is 342 g/mol. The minimum absolute atomic E-state index is 0.0121. The van der Waals surface area contributed by atoms with E-state index >= 15 is 0 Å². The summed E-state index contributed by atoms with van der Waals surface area (Å²) in [7, 11) is 1.37. The predicted molar refractivity (Wildman–Crippen MR) is 91.8 cm³/mol. The van der Waals surface area contributed by atoms with Crippen LogP contribution in [0.25, 0.3) is 0 Å². The molecule has 1 unspecified atom stereocenters. The summed E-state index contributed by atoms with van der Waals surface area (Å²) in [5.41, 5.74) is 1.52. The van der Waals surface area contributed by atoms with Crippen LogP contribution < -0.4 is 5.32 Å². The smallest absolute Gasteiger partial charge is 0.337 e. The zero-order valence-electron chi connectivity index (χ0n) is 14.2. The van der Waals surface area contributed by atoms with Gasteiger partial charge in [0.05, 0.1) is 31.5 Å². The number of hydrogen-bond donors (Lipinski definition) is 1. The third kappa shape index (κ3) is 4.28. The van der Waals surface area contributed by atoms with Crippen LogP contribution in [0, 0.1) is 0 Å². The first-order chi connectivity index (χ1) is 12.2. The summed E-state index contributed by atoms with van der Waals surface area (Å²) in [6.45, 7) is 1.89. The van der Waals surface area contributed by atoms with E-state index in [1.165, 1.54) is 7.11 Å². The number of nitrogens with zero attached hydrogens (tertiary/aromatic N) is 1. The molecule has 1 aliphatic heterocycles. The van der Waals surface area contributed by atoms with E-state index in [9.17, 15) is 9.59 Å². The maximum Gasteiger partial charge on any atom is 0.337 e. The van der Waals surface area contributed by atoms with Crippen molar-refractivity contribution in [1.82, 2.24) is 10.2 Å². The fourth-order valence-electron chi connectivity index (χ4n) is 3.17. The number of esters is 1. The monoisotopic (exact) mass is 342 g/mol. The van der Waals surface area contributed by atoms with Gasteiger partial charge in [-0.25, -0.2) is 4.79 Å². The molecular formula is C19H22N2O4. The van der Waals surface area contributed by atoms with Crippen LogP contribution in [0.4, 0.5) is 0 Å². The first-order valence-electron chi connectivity index (χ1n) is 8.39. The summed E-state index contributed by atoms with van der Waals surface area (Å²) in [5, 5.41) is 2.93. The first-order valence-corrected chi connectivity index (χ1v) is 8.39. The van der Waals surface area contributed by atoms with Gasteiger partial charge >= 0.3 is 5.97 Å². The molecule has 6 nitrogen and oxygen atoms in total. The lowest BCUT2D eigenvalue weighted by Gasteiger charge is -2.23. The standard InChI is InChI=1S/C19H22N2O4/c1-24-19(23)15-6-2-5-14(11-15)13-21-9-3-8-17(21)18(22)20-12-16-7-4-10-25-16/h2,4-7,10-11,17H,3,8-9,12-13H2,1H3,(H,20,22). The summed E-state index contributed by atoms with van der Waals surface area (Å²) in [6, 6.07) is 10.8. The van der Waals surface area contributed by atoms with Crippen LogP contribution in [0.1, 0.15) is 34.5 Å². The van der Waals surface area contributed by atoms with Crippen LogP contribution in [0.3, 0.4) is 0 Å². The van der Waals surface area contributed by atoms with Crippen molar-refractivity contribution in [3.8, 4) is 0 Å². The van der Waals surface area contributed by atoms with Crippen molar-refractivity contribution in [1.29, 1.82) is 0 Å². The van der Waals surface area contributed by atoms with Gasteiger partial charge in [0, 0.05) is 6.54 Å². The van der Waals surface area contributed by atoms with E-state index in [2.05, 4.69) is 10.2 Å². The van der Waals surface area contributed by atoms with Crippen molar-refractivity contribution in [3.63, 3.8) is 0 Å². The second-order valence-electron chi connectivity index (χ2n) is 6.12. The van der Waals surface area contributed by atoms with Crippen molar-refractivity contribution in [2.24, 2.45) is 0 Å². The topological polar surface area (TPSA) is 71.8 Å². The van der Waals surface area contributed by atoms with Gasteiger partial charge in [0.15, 0.2) is 0 Å². The van der Waals surface area contributed by atoms with Gasteiger partial charge < -0.3 is 14.5 Å². The Morgan fingerprint density at radius 3 is 2.96 bits per heavy atom. The number of hydrogen-bond acceptors (Lipinski definition) is 5. The molecule has 0 saturated carbocycles. The van der Waals surface area contributed by atoms with Crippen LogP contribution in [0.5, 0.6) is 0 Å². The normalized spacial score (nSPS) is 17.4. The average Bonchev–Trinajstić information content (AvgIpc) is 3.31. The van der Waals surface area contributed by atoms with Crippen LogP contribution in [-0.4, -0.2) is 36.5 Å². The quantitative estimate of drug-likeness (QED) is 0.816. The van der Waals surface area contributed by atoms with E-state index < -0.39 is 0 Å². The van der Waals surface area contributed by atoms with Gasteiger partial charge in [-0.2, -0.15) is 0 Å². The lowest BCUT2D eigenvalue weighted by molar-refractivity contribution is -0.125. The van der Waals surface area contributed by atoms with E-state index in [0.29, 0.717) is 18.7 Å². The van der Waals surface area contributed by atoms with E-state index in [1.54, 1.807) is 18.4 Å². The van der Waals surface area contributed by atoms with E-state index in [0.717, 1.165) is 30.7 Å². The van der Waals surface area contributed by atoms with Gasteiger partial charge in [0.1, 0.15) is 5.76 Å². The van der Waals surface area contributed by atoms with Gasteiger partial charge in [-0.1, -0.05) is 12.1 Å². The summed E-state index contributed by atoms with van der Waals surface area (Å²) >= 11 is 0. The van der Waals surface area contributed by atoms with Gasteiger partial charge in [-0.3, -0.25) is 9.69 Å². The Hall–Kier alpha value is -2.60. The lowest BCUT2D eigenvalue weighted by atomic mass is 10.1. The van der Waals surface area contributed by atoms with Crippen molar-refractivity contribution in [2.45, 2.75) is 32.0 Å². The molecule has 6 heteroatoms. The molecule has 0 aliphatic carbocycles. The Morgan fingerprint density at radius 2 is 2.20 bits per heavy atom. The Morgan fingerprint density at radius 1 is 1.32 bits per heavy atom. The second kappa shape index (κ2) is 7.98. The van der Waals surface area contributed by atoms with Crippen molar-refractivity contribution < 1.29 is 18.7 Å². The molecule has 0 spiro atoms. The SMILES string of the molecule is COC(=O)c1cccc(CN2CCCC2C(=O)NCc2ccco2)c1. The molecule has 1 N–H and O–H groups in total. The zero-order chi connectivity index (χ0) is 17.6. The second-order valence-corrected chi connectivity index (χ2v) is 6.12. The third-order valence-corrected chi connectivity index (χ3v) is 4.42. The number of amides is 1. The number of furan rings is 1. The van der Waals surface area contributed by atoms with Gasteiger partial charge in [0.25, 0.3) is 0 Å². The van der Waals surface area contributed by atoms with E-state index in [-0.39, 0.29) is 17.9 Å². The molecule has 3 rings (SSSR count). The molecule has 2 aromatic rings. The molecule has 1 aromatic heterocycles. The Kier molecular flexibility index (Phi) is 5.50. The molecule has 1 fully saturated rings. The molecule has 1 atom stereocenters. The molecule has 1 saturated heterocycles. The molecule has 1 aromatic carbocycles. The Balaban J connectivity index is 1.61. The lowest BCUT2D eigenvalue weighted by Crippen LogP contribution is -2.42. The highest BCUT2D eigenvalue weighted by atomic mass is 16.5. The fraction of sp³-hybridized carbons (Fsp3) is 0.368. The highest BCUT2D eigenvalue weighted by Crippen LogP contribution is 2.21. The van der Waals surface area contributed by atoms with Crippen LogP contribution >= 0.6 is 0 Å². The summed E-state index contributed by atoms with van der Waals surface area (Å²) in [6.07, 6.45) is 3.41. The van der Waals surface area contributed by atoms with Gasteiger partial charge in [-0.15, -0.1) is 0 Å². The molecule has 1 amide bonds. The minimum Gasteiger partial charge on any atom is -0.467 e.